The van der Waals surface area contributed by atoms with E-state index in [0.717, 1.165) is 32.4 Å². The van der Waals surface area contributed by atoms with Crippen LogP contribution in [0.5, 0.6) is 0 Å². The smallest absolute Gasteiger partial charge is 0.321 e. The van der Waals surface area contributed by atoms with Gasteiger partial charge in [0, 0.05) is 0 Å². The molecule has 1 aromatic rings. The molecule has 0 aromatic heterocycles. The lowest BCUT2D eigenvalue weighted by molar-refractivity contribution is -0.139. The average molecular weight is 368 g/mol. The molecule has 0 bridgehead atoms. The number of piperidine rings is 1. The van der Waals surface area contributed by atoms with Crippen LogP contribution in [0, 0.1) is 5.92 Å². The number of benzene rings is 1. The molecular formula is C18H28N2O4S. The number of hydrogen-bond acceptors (Lipinski definition) is 4. The zero-order chi connectivity index (χ0) is 18.1. The van der Waals surface area contributed by atoms with E-state index in [2.05, 4.69) is 10.0 Å². The van der Waals surface area contributed by atoms with E-state index in [4.69, 9.17) is 0 Å². The maximum absolute atomic E-state index is 12.2. The quantitative estimate of drug-likeness (QED) is 0.550. The zero-order valence-electron chi connectivity index (χ0n) is 14.5. The largest absolute Gasteiger partial charge is 0.480 e. The lowest BCUT2D eigenvalue weighted by Gasteiger charge is -2.22. The van der Waals surface area contributed by atoms with Crippen molar-refractivity contribution in [3.63, 3.8) is 0 Å². The van der Waals surface area contributed by atoms with Crippen LogP contribution >= 0.6 is 0 Å². The lowest BCUT2D eigenvalue weighted by atomic mass is 9.92. The van der Waals surface area contributed by atoms with Gasteiger partial charge in [0.2, 0.25) is 10.0 Å². The number of carboxylic acid groups (broad SMARTS) is 1. The molecule has 0 radical (unpaired) electrons. The van der Waals surface area contributed by atoms with Gasteiger partial charge in [-0.05, 0) is 43.8 Å². The molecule has 0 amide bonds. The minimum atomic E-state index is -3.68. The summed E-state index contributed by atoms with van der Waals surface area (Å²) in [5.41, 5.74) is 0.644. The summed E-state index contributed by atoms with van der Waals surface area (Å²) >= 11 is 0. The Morgan fingerprint density at radius 1 is 1.20 bits per heavy atom. The van der Waals surface area contributed by atoms with E-state index in [1.54, 1.807) is 24.3 Å². The summed E-state index contributed by atoms with van der Waals surface area (Å²) in [4.78, 5) is 11.4. The SMILES string of the molecule is O=C(O)[C@@H](CCCCC1CCNCC1)NS(=O)(=O)Cc1ccccc1. The number of carboxylic acids is 1. The first kappa shape index (κ1) is 19.9. The highest BCUT2D eigenvalue weighted by atomic mass is 32.2. The predicted octanol–water partition coefficient (Wildman–Crippen LogP) is 2.12. The number of nitrogens with one attached hydrogen (secondary N) is 2. The molecule has 1 aromatic carbocycles. The Morgan fingerprint density at radius 3 is 2.52 bits per heavy atom. The van der Waals surface area contributed by atoms with Gasteiger partial charge in [-0.2, -0.15) is 0 Å². The first-order valence-electron chi connectivity index (χ1n) is 8.94. The van der Waals surface area contributed by atoms with E-state index in [1.165, 1.54) is 12.8 Å². The van der Waals surface area contributed by atoms with Gasteiger partial charge in [0.15, 0.2) is 0 Å². The minimum absolute atomic E-state index is 0.202. The summed E-state index contributed by atoms with van der Waals surface area (Å²) < 4.78 is 26.8. The zero-order valence-corrected chi connectivity index (χ0v) is 15.3. The van der Waals surface area contributed by atoms with Crippen molar-refractivity contribution in [3.05, 3.63) is 35.9 Å². The molecule has 1 atom stereocenters. The summed E-state index contributed by atoms with van der Waals surface area (Å²) in [5, 5.41) is 12.6. The molecule has 1 aliphatic rings. The van der Waals surface area contributed by atoms with Gasteiger partial charge < -0.3 is 10.4 Å². The molecule has 25 heavy (non-hydrogen) atoms. The molecule has 3 N–H and O–H groups in total. The molecule has 1 saturated heterocycles. The molecule has 0 aliphatic carbocycles. The molecule has 1 heterocycles. The summed E-state index contributed by atoms with van der Waals surface area (Å²) in [7, 11) is -3.68. The number of hydrogen-bond donors (Lipinski definition) is 3. The number of unbranched alkanes of at least 4 members (excludes halogenated alkanes) is 1. The van der Waals surface area contributed by atoms with Crippen LogP contribution in [0.25, 0.3) is 0 Å². The van der Waals surface area contributed by atoms with E-state index >= 15 is 0 Å². The normalized spacial score (nSPS) is 17.3. The Morgan fingerprint density at radius 2 is 1.88 bits per heavy atom. The molecule has 6 nitrogen and oxygen atoms in total. The Bertz CT molecular complexity index is 628. The summed E-state index contributed by atoms with van der Waals surface area (Å²) in [5.74, 6) is -0.607. The van der Waals surface area contributed by atoms with Gasteiger partial charge in [-0.1, -0.05) is 49.6 Å². The standard InChI is InChI=1S/C18H28N2O4S/c21-18(22)17(9-5-4-6-15-10-12-19-13-11-15)20-25(23,24)14-16-7-2-1-3-8-16/h1-3,7-8,15,17,19-20H,4-6,9-14H2,(H,21,22)/t17-/m1/s1. The third-order valence-electron chi connectivity index (χ3n) is 4.63. The first-order valence-corrected chi connectivity index (χ1v) is 10.6. The topological polar surface area (TPSA) is 95.5 Å². The van der Waals surface area contributed by atoms with E-state index in [9.17, 15) is 18.3 Å². The molecule has 1 aliphatic heterocycles. The molecular weight excluding hydrogens is 340 g/mol. The van der Waals surface area contributed by atoms with Gasteiger partial charge in [-0.3, -0.25) is 4.79 Å². The number of rotatable bonds is 10. The fourth-order valence-electron chi connectivity index (χ4n) is 3.24. The minimum Gasteiger partial charge on any atom is -0.480 e. The Labute approximate surface area is 150 Å². The number of sulfonamides is 1. The van der Waals surface area contributed by atoms with Gasteiger partial charge in [0.25, 0.3) is 0 Å². The van der Waals surface area contributed by atoms with E-state index in [1.807, 2.05) is 6.07 Å². The van der Waals surface area contributed by atoms with Crippen molar-refractivity contribution in [2.75, 3.05) is 13.1 Å². The fraction of sp³-hybridized carbons (Fsp3) is 0.611. The highest BCUT2D eigenvalue weighted by molar-refractivity contribution is 7.88. The Hall–Kier alpha value is -1.44. The lowest BCUT2D eigenvalue weighted by Crippen LogP contribution is -2.41. The molecule has 140 valence electrons. The van der Waals surface area contributed by atoms with Crippen LogP contribution in [-0.4, -0.2) is 38.6 Å². The van der Waals surface area contributed by atoms with Crippen molar-refractivity contribution < 1.29 is 18.3 Å². The molecule has 0 unspecified atom stereocenters. The third-order valence-corrected chi connectivity index (χ3v) is 5.99. The Balaban J connectivity index is 1.78. The van der Waals surface area contributed by atoms with Gasteiger partial charge in [0.05, 0.1) is 5.75 Å². The van der Waals surface area contributed by atoms with E-state index in [0.29, 0.717) is 17.9 Å². The van der Waals surface area contributed by atoms with Gasteiger partial charge >= 0.3 is 5.97 Å². The van der Waals surface area contributed by atoms with Gasteiger partial charge in [0.1, 0.15) is 6.04 Å². The van der Waals surface area contributed by atoms with Crippen LogP contribution in [0.15, 0.2) is 30.3 Å². The maximum atomic E-state index is 12.2. The Kier molecular flexibility index (Phi) is 7.87. The highest BCUT2D eigenvalue weighted by Gasteiger charge is 2.24. The van der Waals surface area contributed by atoms with Gasteiger partial charge in [-0.15, -0.1) is 0 Å². The first-order chi connectivity index (χ1) is 12.0. The fourth-order valence-corrected chi connectivity index (χ4v) is 4.60. The second-order valence-electron chi connectivity index (χ2n) is 6.73. The second kappa shape index (κ2) is 9.89. The van der Waals surface area contributed by atoms with Crippen molar-refractivity contribution in [1.29, 1.82) is 0 Å². The molecule has 7 heteroatoms. The highest BCUT2D eigenvalue weighted by Crippen LogP contribution is 2.19. The molecule has 0 saturated carbocycles. The van der Waals surface area contributed by atoms with Crippen molar-refractivity contribution in [2.24, 2.45) is 5.92 Å². The monoisotopic (exact) mass is 368 g/mol. The van der Waals surface area contributed by atoms with Crippen LogP contribution in [0.1, 0.15) is 44.1 Å². The molecule has 0 spiro atoms. The van der Waals surface area contributed by atoms with Crippen molar-refractivity contribution >= 4 is 16.0 Å². The predicted molar refractivity (Wildman–Crippen MR) is 97.7 cm³/mol. The summed E-state index contributed by atoms with van der Waals surface area (Å²) in [6.07, 6.45) is 5.42. The van der Waals surface area contributed by atoms with E-state index in [-0.39, 0.29) is 5.75 Å². The van der Waals surface area contributed by atoms with Crippen LogP contribution in [-0.2, 0) is 20.6 Å². The summed E-state index contributed by atoms with van der Waals surface area (Å²) in [6, 6.07) is 7.72. The number of carbonyl (C=O) groups is 1. The molecule has 1 fully saturated rings. The summed E-state index contributed by atoms with van der Waals surface area (Å²) in [6.45, 7) is 2.11. The van der Waals surface area contributed by atoms with Crippen LogP contribution in [0.2, 0.25) is 0 Å². The van der Waals surface area contributed by atoms with Crippen molar-refractivity contribution in [2.45, 2.75) is 50.3 Å². The van der Waals surface area contributed by atoms with Gasteiger partial charge in [-0.25, -0.2) is 13.1 Å². The van der Waals surface area contributed by atoms with Crippen molar-refractivity contribution in [3.8, 4) is 0 Å². The van der Waals surface area contributed by atoms with Crippen LogP contribution in [0.4, 0.5) is 0 Å². The van der Waals surface area contributed by atoms with Crippen LogP contribution in [0.3, 0.4) is 0 Å². The van der Waals surface area contributed by atoms with Crippen LogP contribution < -0.4 is 10.0 Å². The second-order valence-corrected chi connectivity index (χ2v) is 8.49. The van der Waals surface area contributed by atoms with Crippen molar-refractivity contribution in [1.82, 2.24) is 10.0 Å². The van der Waals surface area contributed by atoms with E-state index < -0.39 is 22.0 Å². The average Bonchev–Trinajstić information content (AvgIpc) is 2.59. The number of aliphatic carboxylic acids is 1. The molecule has 2 rings (SSSR count). The maximum Gasteiger partial charge on any atom is 0.321 e. The third kappa shape index (κ3) is 7.54.